The predicted molar refractivity (Wildman–Crippen MR) is 51.5 cm³/mol. The van der Waals surface area contributed by atoms with Gasteiger partial charge in [-0.25, -0.2) is 0 Å². The molecule has 13 heavy (non-hydrogen) atoms. The Hall–Kier alpha value is -0.410. The van der Waals surface area contributed by atoms with Gasteiger partial charge in [0.2, 0.25) is 0 Å². The molecule has 1 aliphatic rings. The average Bonchev–Trinajstić information content (AvgIpc) is 2.01. The minimum atomic E-state index is -1.09. The molecule has 0 bridgehead atoms. The third-order valence-corrected chi connectivity index (χ3v) is 3.35. The second-order valence-electron chi connectivity index (χ2n) is 4.37. The minimum Gasteiger partial charge on any atom is -0.382 e. The van der Waals surface area contributed by atoms with Crippen LogP contribution in [0.15, 0.2) is 0 Å². The van der Waals surface area contributed by atoms with Crippen molar-refractivity contribution in [1.82, 2.24) is 4.90 Å². The van der Waals surface area contributed by atoms with Crippen molar-refractivity contribution in [1.29, 1.82) is 0 Å². The van der Waals surface area contributed by atoms with Gasteiger partial charge in [-0.3, -0.25) is 4.79 Å². The Bertz CT molecular complexity index is 217. The van der Waals surface area contributed by atoms with Gasteiger partial charge in [0.15, 0.2) is 5.78 Å². The highest BCUT2D eigenvalue weighted by Gasteiger charge is 2.44. The van der Waals surface area contributed by atoms with Crippen LogP contribution in [0.1, 0.15) is 27.2 Å². The van der Waals surface area contributed by atoms with E-state index in [1.54, 1.807) is 0 Å². The van der Waals surface area contributed by atoms with Crippen molar-refractivity contribution in [3.63, 3.8) is 0 Å². The molecule has 0 radical (unpaired) electrons. The molecule has 0 spiro atoms. The van der Waals surface area contributed by atoms with Crippen molar-refractivity contribution in [3.8, 4) is 0 Å². The Morgan fingerprint density at radius 3 is 2.54 bits per heavy atom. The van der Waals surface area contributed by atoms with E-state index in [2.05, 4.69) is 4.90 Å². The molecule has 1 heterocycles. The number of Topliss-reactive ketones (excluding diaryl/α,β-unsaturated/α-hetero) is 1. The van der Waals surface area contributed by atoms with Crippen molar-refractivity contribution in [3.05, 3.63) is 0 Å². The molecule has 0 aliphatic carbocycles. The van der Waals surface area contributed by atoms with E-state index in [-0.39, 0.29) is 17.7 Å². The molecule has 3 heteroatoms. The summed E-state index contributed by atoms with van der Waals surface area (Å²) >= 11 is 0. The molecule has 76 valence electrons. The lowest BCUT2D eigenvalue weighted by molar-refractivity contribution is -0.149. The topological polar surface area (TPSA) is 40.5 Å². The molecule has 0 aromatic carbocycles. The lowest BCUT2D eigenvalue weighted by atomic mass is 9.77. The number of nitrogens with zero attached hydrogens (tertiary/aromatic N) is 1. The summed E-state index contributed by atoms with van der Waals surface area (Å²) in [6.07, 6.45) is 0.556. The number of hydrogen-bond acceptors (Lipinski definition) is 3. The van der Waals surface area contributed by atoms with Crippen LogP contribution in [0, 0.1) is 5.92 Å². The second kappa shape index (κ2) is 3.39. The molecule has 0 amide bonds. The molecular weight excluding hydrogens is 166 g/mol. The number of carbonyl (C=O) groups is 1. The van der Waals surface area contributed by atoms with E-state index in [1.165, 1.54) is 6.92 Å². The van der Waals surface area contributed by atoms with Gasteiger partial charge in [-0.1, -0.05) is 6.92 Å². The molecule has 1 fully saturated rings. The van der Waals surface area contributed by atoms with Crippen LogP contribution in [-0.4, -0.2) is 41.0 Å². The SMILES string of the molecule is CC(=O)[C@]1(O)C[C@@H](C)N(C)C[C@@H]1C. The van der Waals surface area contributed by atoms with Crippen LogP contribution in [0.4, 0.5) is 0 Å². The highest BCUT2D eigenvalue weighted by atomic mass is 16.3. The molecule has 3 atom stereocenters. The summed E-state index contributed by atoms with van der Waals surface area (Å²) in [4.78, 5) is 13.5. The zero-order valence-electron chi connectivity index (χ0n) is 8.87. The molecule has 1 rings (SSSR count). The number of likely N-dealkylation sites (tertiary alicyclic amines) is 1. The average molecular weight is 185 g/mol. The van der Waals surface area contributed by atoms with E-state index >= 15 is 0 Å². The van der Waals surface area contributed by atoms with Gasteiger partial charge >= 0.3 is 0 Å². The highest BCUT2D eigenvalue weighted by Crippen LogP contribution is 2.31. The van der Waals surface area contributed by atoms with Crippen molar-refractivity contribution in [2.75, 3.05) is 13.6 Å². The number of piperidine rings is 1. The maximum absolute atomic E-state index is 11.3. The van der Waals surface area contributed by atoms with Crippen LogP contribution in [0.2, 0.25) is 0 Å². The zero-order valence-corrected chi connectivity index (χ0v) is 8.87. The van der Waals surface area contributed by atoms with Gasteiger partial charge in [0.25, 0.3) is 0 Å². The number of ketones is 1. The monoisotopic (exact) mass is 185 g/mol. The van der Waals surface area contributed by atoms with E-state index in [1.807, 2.05) is 20.9 Å². The Morgan fingerprint density at radius 1 is 1.54 bits per heavy atom. The number of carbonyl (C=O) groups excluding carboxylic acids is 1. The fraction of sp³-hybridized carbons (Fsp3) is 0.900. The quantitative estimate of drug-likeness (QED) is 0.652. The summed E-state index contributed by atoms with van der Waals surface area (Å²) in [6, 6.07) is 0.282. The first-order valence-corrected chi connectivity index (χ1v) is 4.81. The van der Waals surface area contributed by atoms with E-state index in [4.69, 9.17) is 0 Å². The van der Waals surface area contributed by atoms with Crippen molar-refractivity contribution < 1.29 is 9.90 Å². The van der Waals surface area contributed by atoms with Gasteiger partial charge in [-0.15, -0.1) is 0 Å². The van der Waals surface area contributed by atoms with Crippen molar-refractivity contribution in [2.24, 2.45) is 5.92 Å². The van der Waals surface area contributed by atoms with Crippen LogP contribution >= 0.6 is 0 Å². The van der Waals surface area contributed by atoms with E-state index in [9.17, 15) is 9.90 Å². The Kier molecular flexibility index (Phi) is 2.78. The van der Waals surface area contributed by atoms with Crippen LogP contribution in [0.5, 0.6) is 0 Å². The smallest absolute Gasteiger partial charge is 0.161 e. The standard InChI is InChI=1S/C10H19NO2/c1-7-6-11(4)8(2)5-10(7,13)9(3)12/h7-8,13H,5-6H2,1-4H3/t7-,8+,10-/m0/s1. The minimum absolute atomic E-state index is 0.0335. The normalized spacial score (nSPS) is 41.9. The third-order valence-electron chi connectivity index (χ3n) is 3.35. The lowest BCUT2D eigenvalue weighted by Crippen LogP contribution is -2.56. The first-order chi connectivity index (χ1) is 5.88. The number of aliphatic hydroxyl groups is 1. The number of rotatable bonds is 1. The molecule has 0 saturated carbocycles. The Labute approximate surface area is 79.7 Å². The van der Waals surface area contributed by atoms with E-state index in [0.717, 1.165) is 6.54 Å². The molecule has 0 unspecified atom stereocenters. The lowest BCUT2D eigenvalue weighted by Gasteiger charge is -2.44. The summed E-state index contributed by atoms with van der Waals surface area (Å²) < 4.78 is 0. The first kappa shape index (κ1) is 10.7. The maximum Gasteiger partial charge on any atom is 0.161 e. The molecule has 1 N–H and O–H groups in total. The highest BCUT2D eigenvalue weighted by molar-refractivity contribution is 5.85. The van der Waals surface area contributed by atoms with E-state index in [0.29, 0.717) is 6.42 Å². The summed E-state index contributed by atoms with van der Waals surface area (Å²) in [6.45, 7) is 6.25. The fourth-order valence-electron chi connectivity index (χ4n) is 2.06. The first-order valence-electron chi connectivity index (χ1n) is 4.81. The predicted octanol–water partition coefficient (Wildman–Crippen LogP) is 0.667. The fourth-order valence-corrected chi connectivity index (χ4v) is 2.06. The summed E-state index contributed by atoms with van der Waals surface area (Å²) in [7, 11) is 2.03. The van der Waals surface area contributed by atoms with Crippen molar-refractivity contribution in [2.45, 2.75) is 38.8 Å². The third kappa shape index (κ3) is 1.76. The van der Waals surface area contributed by atoms with E-state index < -0.39 is 5.60 Å². The summed E-state index contributed by atoms with van der Waals surface area (Å²) in [5.41, 5.74) is -1.09. The second-order valence-corrected chi connectivity index (χ2v) is 4.37. The van der Waals surface area contributed by atoms with Crippen LogP contribution in [0.25, 0.3) is 0 Å². The van der Waals surface area contributed by atoms with Gasteiger partial charge in [-0.05, 0) is 27.3 Å². The van der Waals surface area contributed by atoms with Crippen molar-refractivity contribution >= 4 is 5.78 Å². The van der Waals surface area contributed by atoms with Gasteiger partial charge in [0.1, 0.15) is 5.60 Å². The molecule has 1 aliphatic heterocycles. The molecule has 3 nitrogen and oxygen atoms in total. The molecule has 0 aromatic rings. The van der Waals surface area contributed by atoms with Crippen LogP contribution in [-0.2, 0) is 4.79 Å². The van der Waals surface area contributed by atoms with Crippen LogP contribution in [0.3, 0.4) is 0 Å². The summed E-state index contributed by atoms with van der Waals surface area (Å²) in [5.74, 6) is -0.0638. The van der Waals surface area contributed by atoms with Gasteiger partial charge in [0.05, 0.1) is 0 Å². The van der Waals surface area contributed by atoms with Gasteiger partial charge in [-0.2, -0.15) is 0 Å². The Morgan fingerprint density at radius 2 is 2.08 bits per heavy atom. The number of hydrogen-bond donors (Lipinski definition) is 1. The van der Waals surface area contributed by atoms with Crippen LogP contribution < -0.4 is 0 Å². The zero-order chi connectivity index (χ0) is 10.2. The molecular formula is C10H19NO2. The summed E-state index contributed by atoms with van der Waals surface area (Å²) in [5, 5.41) is 10.1. The molecule has 0 aromatic heterocycles. The van der Waals surface area contributed by atoms with Gasteiger partial charge < -0.3 is 10.0 Å². The van der Waals surface area contributed by atoms with Gasteiger partial charge in [0, 0.05) is 18.5 Å². The largest absolute Gasteiger partial charge is 0.382 e. The Balaban J connectivity index is 2.82. The molecule has 1 saturated heterocycles. The maximum atomic E-state index is 11.3.